The topological polar surface area (TPSA) is 29.1 Å². The van der Waals surface area contributed by atoms with Crippen molar-refractivity contribution in [1.82, 2.24) is 0 Å². The minimum Gasteiger partial charge on any atom is -0.321 e. The summed E-state index contributed by atoms with van der Waals surface area (Å²) in [5, 5.41) is 3.82. The molecule has 3 rings (SSSR count). The molecule has 120 valence electrons. The first-order valence-electron chi connectivity index (χ1n) is 8.37. The van der Waals surface area contributed by atoms with Crippen molar-refractivity contribution < 1.29 is 4.79 Å². The summed E-state index contributed by atoms with van der Waals surface area (Å²) in [6.45, 7) is 4.15. The van der Waals surface area contributed by atoms with Crippen LogP contribution in [0.3, 0.4) is 0 Å². The minimum absolute atomic E-state index is 0.0497. The molecule has 0 saturated carbocycles. The molecule has 1 N–H and O–H groups in total. The van der Waals surface area contributed by atoms with Crippen molar-refractivity contribution in [3.8, 4) is 0 Å². The normalized spacial score (nSPS) is 13.0. The molecule has 0 saturated heterocycles. The summed E-state index contributed by atoms with van der Waals surface area (Å²) in [4.78, 5) is 12.7. The predicted molar refractivity (Wildman–Crippen MR) is 96.6 cm³/mol. The van der Waals surface area contributed by atoms with Gasteiger partial charge in [-0.25, -0.2) is 0 Å². The number of carbonyl (C=O) groups is 1. The summed E-state index contributed by atoms with van der Waals surface area (Å²) >= 11 is 6.31. The Morgan fingerprint density at radius 3 is 2.61 bits per heavy atom. The third kappa shape index (κ3) is 3.13. The van der Waals surface area contributed by atoms with Crippen molar-refractivity contribution >= 4 is 23.2 Å². The summed E-state index contributed by atoms with van der Waals surface area (Å²) in [5.74, 6) is -0.0497. The second-order valence-electron chi connectivity index (χ2n) is 6.06. The van der Waals surface area contributed by atoms with Gasteiger partial charge in [-0.3, -0.25) is 4.79 Å². The smallest absolute Gasteiger partial charge is 0.255 e. The quantitative estimate of drug-likeness (QED) is 0.821. The average molecular weight is 328 g/mol. The third-order valence-electron chi connectivity index (χ3n) is 4.68. The lowest BCUT2D eigenvalue weighted by Gasteiger charge is -2.16. The molecule has 0 aliphatic heterocycles. The van der Waals surface area contributed by atoms with Gasteiger partial charge in [-0.1, -0.05) is 37.6 Å². The van der Waals surface area contributed by atoms with Crippen molar-refractivity contribution in [2.45, 2.75) is 46.0 Å². The van der Waals surface area contributed by atoms with Crippen LogP contribution >= 0.6 is 11.6 Å². The largest absolute Gasteiger partial charge is 0.321 e. The van der Waals surface area contributed by atoms with Crippen molar-refractivity contribution in [3.05, 3.63) is 63.2 Å². The van der Waals surface area contributed by atoms with Crippen LogP contribution < -0.4 is 5.32 Å². The van der Waals surface area contributed by atoms with Gasteiger partial charge in [0.2, 0.25) is 0 Å². The molecule has 0 fully saturated rings. The molecule has 0 aromatic heterocycles. The minimum atomic E-state index is -0.0497. The highest BCUT2D eigenvalue weighted by Crippen LogP contribution is 2.30. The lowest BCUT2D eigenvalue weighted by molar-refractivity contribution is 0.102. The summed E-state index contributed by atoms with van der Waals surface area (Å²) in [5.41, 5.74) is 6.45. The Balaban J connectivity index is 1.92. The fraction of sp³-hybridized carbons (Fsp3) is 0.350. The number of amides is 1. The molecule has 0 heterocycles. The summed E-state index contributed by atoms with van der Waals surface area (Å²) in [6.07, 6.45) is 5.06. The van der Waals surface area contributed by atoms with Gasteiger partial charge >= 0.3 is 0 Å². The second-order valence-corrected chi connectivity index (χ2v) is 6.47. The van der Waals surface area contributed by atoms with E-state index in [2.05, 4.69) is 25.2 Å². The second kappa shape index (κ2) is 6.76. The Labute approximate surface area is 142 Å². The molecular formula is C20H22ClNO. The van der Waals surface area contributed by atoms with Gasteiger partial charge in [-0.15, -0.1) is 0 Å². The fourth-order valence-corrected chi connectivity index (χ4v) is 3.66. The van der Waals surface area contributed by atoms with E-state index in [1.807, 2.05) is 24.3 Å². The third-order valence-corrected chi connectivity index (χ3v) is 5.03. The summed E-state index contributed by atoms with van der Waals surface area (Å²) in [6, 6.07) is 9.99. The number of rotatable bonds is 4. The predicted octanol–water partition coefficient (Wildman–Crippen LogP) is 5.21. The van der Waals surface area contributed by atoms with E-state index in [-0.39, 0.29) is 5.91 Å². The molecule has 0 bridgehead atoms. The van der Waals surface area contributed by atoms with Gasteiger partial charge in [0.15, 0.2) is 0 Å². The SMILES string of the molecule is CCc1ccc(Cl)c(CC)c1NC(=O)c1ccc2c(c1)CCC2. The number of hydrogen-bond donors (Lipinski definition) is 1. The van der Waals surface area contributed by atoms with Crippen LogP contribution in [0.2, 0.25) is 5.02 Å². The van der Waals surface area contributed by atoms with Crippen LogP contribution in [0.4, 0.5) is 5.69 Å². The first kappa shape index (κ1) is 16.1. The van der Waals surface area contributed by atoms with Gasteiger partial charge in [0, 0.05) is 16.3 Å². The van der Waals surface area contributed by atoms with Crippen LogP contribution in [-0.4, -0.2) is 5.91 Å². The van der Waals surface area contributed by atoms with Crippen LogP contribution in [0, 0.1) is 0 Å². The zero-order valence-electron chi connectivity index (χ0n) is 13.7. The highest BCUT2D eigenvalue weighted by atomic mass is 35.5. The monoisotopic (exact) mass is 327 g/mol. The number of benzene rings is 2. The molecule has 23 heavy (non-hydrogen) atoms. The molecule has 1 amide bonds. The maximum absolute atomic E-state index is 12.7. The van der Waals surface area contributed by atoms with E-state index in [9.17, 15) is 4.79 Å². The van der Waals surface area contributed by atoms with Gasteiger partial charge in [-0.05, 0) is 72.6 Å². The maximum Gasteiger partial charge on any atom is 0.255 e. The molecular weight excluding hydrogens is 306 g/mol. The van der Waals surface area contributed by atoms with Crippen molar-refractivity contribution in [2.24, 2.45) is 0 Å². The molecule has 0 atom stereocenters. The standard InChI is InChI=1S/C20H22ClNO/c1-3-13-10-11-18(21)17(4-2)19(13)22-20(23)16-9-8-14-6-5-7-15(14)12-16/h8-12H,3-7H2,1-2H3,(H,22,23). The van der Waals surface area contributed by atoms with Crippen LogP contribution in [0.15, 0.2) is 30.3 Å². The fourth-order valence-electron chi connectivity index (χ4n) is 3.37. The Bertz CT molecular complexity index is 752. The van der Waals surface area contributed by atoms with Crippen molar-refractivity contribution in [2.75, 3.05) is 5.32 Å². The number of anilines is 1. The first-order valence-corrected chi connectivity index (χ1v) is 8.75. The summed E-state index contributed by atoms with van der Waals surface area (Å²) in [7, 11) is 0. The Morgan fingerprint density at radius 2 is 1.87 bits per heavy atom. The highest BCUT2D eigenvalue weighted by molar-refractivity contribution is 6.32. The molecule has 1 aliphatic rings. The zero-order chi connectivity index (χ0) is 16.4. The van der Waals surface area contributed by atoms with Crippen LogP contribution in [0.1, 0.15) is 52.9 Å². The number of fused-ring (bicyclic) bond motifs is 1. The molecule has 0 spiro atoms. The molecule has 2 nitrogen and oxygen atoms in total. The number of carbonyl (C=O) groups excluding carboxylic acids is 1. The van der Waals surface area contributed by atoms with E-state index in [4.69, 9.17) is 11.6 Å². The number of aryl methyl sites for hydroxylation is 3. The molecule has 2 aromatic carbocycles. The molecule has 0 unspecified atom stereocenters. The Kier molecular flexibility index (Phi) is 4.72. The average Bonchev–Trinajstić information content (AvgIpc) is 3.03. The van der Waals surface area contributed by atoms with Gasteiger partial charge in [0.25, 0.3) is 5.91 Å². The Morgan fingerprint density at radius 1 is 1.09 bits per heavy atom. The van der Waals surface area contributed by atoms with Gasteiger partial charge in [0.05, 0.1) is 0 Å². The molecule has 2 aromatic rings. The Hall–Kier alpha value is -1.80. The van der Waals surface area contributed by atoms with E-state index >= 15 is 0 Å². The van der Waals surface area contributed by atoms with Gasteiger partial charge in [-0.2, -0.15) is 0 Å². The number of halogens is 1. The van der Waals surface area contributed by atoms with E-state index in [1.54, 1.807) is 0 Å². The van der Waals surface area contributed by atoms with Gasteiger partial charge < -0.3 is 5.32 Å². The molecule has 1 aliphatic carbocycles. The summed E-state index contributed by atoms with van der Waals surface area (Å²) < 4.78 is 0. The number of hydrogen-bond acceptors (Lipinski definition) is 1. The van der Waals surface area contributed by atoms with E-state index in [0.717, 1.165) is 48.1 Å². The van der Waals surface area contributed by atoms with E-state index < -0.39 is 0 Å². The van der Waals surface area contributed by atoms with Gasteiger partial charge in [0.1, 0.15) is 0 Å². The van der Waals surface area contributed by atoms with Crippen LogP contribution in [-0.2, 0) is 25.7 Å². The van der Waals surface area contributed by atoms with Crippen molar-refractivity contribution in [3.63, 3.8) is 0 Å². The van der Waals surface area contributed by atoms with Crippen LogP contribution in [0.25, 0.3) is 0 Å². The zero-order valence-corrected chi connectivity index (χ0v) is 14.5. The van der Waals surface area contributed by atoms with Crippen LogP contribution in [0.5, 0.6) is 0 Å². The lowest BCUT2D eigenvalue weighted by atomic mass is 10.0. The lowest BCUT2D eigenvalue weighted by Crippen LogP contribution is -2.15. The highest BCUT2D eigenvalue weighted by Gasteiger charge is 2.17. The van der Waals surface area contributed by atoms with E-state index in [0.29, 0.717) is 5.02 Å². The molecule has 0 radical (unpaired) electrons. The maximum atomic E-state index is 12.7. The first-order chi connectivity index (χ1) is 11.1. The number of nitrogens with one attached hydrogen (secondary N) is 1. The molecule has 3 heteroatoms. The van der Waals surface area contributed by atoms with E-state index in [1.165, 1.54) is 17.5 Å². The van der Waals surface area contributed by atoms with Crippen molar-refractivity contribution in [1.29, 1.82) is 0 Å².